The number of carbonyl (C=O) groups is 1. The highest BCUT2D eigenvalue weighted by Gasteiger charge is 2.41. The Morgan fingerprint density at radius 2 is 2.09 bits per heavy atom. The van der Waals surface area contributed by atoms with Crippen LogP contribution in [-0.2, 0) is 9.53 Å². The number of ether oxygens (including phenoxy) is 1. The maximum atomic E-state index is 12.5. The van der Waals surface area contributed by atoms with Crippen LogP contribution in [0.25, 0.3) is 0 Å². The van der Waals surface area contributed by atoms with Crippen LogP contribution in [-0.4, -0.2) is 72.8 Å². The van der Waals surface area contributed by atoms with Gasteiger partial charge in [0.05, 0.1) is 12.7 Å². The Labute approximate surface area is 137 Å². The molecule has 1 saturated carbocycles. The van der Waals surface area contributed by atoms with E-state index in [1.165, 1.54) is 50.3 Å². The maximum absolute atomic E-state index is 12.5. The Kier molecular flexibility index (Phi) is 5.65. The van der Waals surface area contributed by atoms with Gasteiger partial charge in [-0.25, -0.2) is 0 Å². The van der Waals surface area contributed by atoms with Gasteiger partial charge >= 0.3 is 0 Å². The minimum atomic E-state index is -0.205. The van der Waals surface area contributed by atoms with Crippen LogP contribution in [0.4, 0.5) is 0 Å². The lowest BCUT2D eigenvalue weighted by atomic mass is 9.94. The largest absolute Gasteiger partial charge is 0.375 e. The second-order valence-electron chi connectivity index (χ2n) is 6.76. The molecule has 0 aromatic heterocycles. The molecule has 0 bridgehead atoms. The van der Waals surface area contributed by atoms with Crippen molar-refractivity contribution in [3.8, 4) is 0 Å². The number of carbonyl (C=O) groups excluding carboxylic acids is 1. The molecule has 126 valence electrons. The van der Waals surface area contributed by atoms with Gasteiger partial charge in [0.25, 0.3) is 0 Å². The number of thioether (sulfide) groups is 1. The molecular weight excluding hydrogens is 298 g/mol. The molecule has 2 atom stereocenters. The van der Waals surface area contributed by atoms with Crippen LogP contribution in [0.2, 0.25) is 0 Å². The quantitative estimate of drug-likeness (QED) is 0.801. The first-order valence-electron chi connectivity index (χ1n) is 8.67. The van der Waals surface area contributed by atoms with E-state index >= 15 is 0 Å². The van der Waals surface area contributed by atoms with E-state index < -0.39 is 0 Å². The molecule has 6 heteroatoms. The molecule has 0 aromatic carbocycles. The Hall–Kier alpha value is -0.300. The molecular formula is C16H29N3O2S. The monoisotopic (exact) mass is 327 g/mol. The van der Waals surface area contributed by atoms with Crippen molar-refractivity contribution in [2.45, 2.75) is 50.3 Å². The van der Waals surface area contributed by atoms with Crippen LogP contribution in [0.5, 0.6) is 0 Å². The van der Waals surface area contributed by atoms with E-state index in [4.69, 9.17) is 4.74 Å². The predicted octanol–water partition coefficient (Wildman–Crippen LogP) is 0.841. The number of morpholine rings is 1. The summed E-state index contributed by atoms with van der Waals surface area (Å²) in [6.07, 6.45) is 4.99. The number of amides is 1. The normalized spacial score (nSPS) is 32.8. The third kappa shape index (κ3) is 3.61. The fourth-order valence-corrected chi connectivity index (χ4v) is 4.97. The van der Waals surface area contributed by atoms with Crippen LogP contribution in [0.1, 0.15) is 32.6 Å². The zero-order chi connectivity index (χ0) is 15.4. The van der Waals surface area contributed by atoms with Gasteiger partial charge in [-0.3, -0.25) is 9.69 Å². The van der Waals surface area contributed by atoms with Gasteiger partial charge in [-0.15, -0.1) is 0 Å². The zero-order valence-corrected chi connectivity index (χ0v) is 14.4. The average molecular weight is 327 g/mol. The first kappa shape index (κ1) is 16.6. The molecule has 3 aliphatic rings. The summed E-state index contributed by atoms with van der Waals surface area (Å²) in [5.74, 6) is 2.56. The first-order valence-corrected chi connectivity index (χ1v) is 9.82. The Morgan fingerprint density at radius 3 is 2.77 bits per heavy atom. The fourth-order valence-electron chi connectivity index (χ4n) is 4.06. The summed E-state index contributed by atoms with van der Waals surface area (Å²) in [5, 5.41) is 6.52. The molecule has 2 N–H and O–H groups in total. The number of hydrogen-bond donors (Lipinski definition) is 2. The maximum Gasteiger partial charge on any atom is 0.239 e. The van der Waals surface area contributed by atoms with E-state index in [2.05, 4.69) is 15.5 Å². The Bertz CT molecular complexity index is 382. The standard InChI is InChI=1S/C16H29N3O2S/c1-13-14(17-6-9-21-13)15(20)18-12-16(4-2-3-5-16)19-7-10-22-11-8-19/h13-14,17H,2-12H2,1H3,(H,18,20)/t13-,14+/m1/s1. The molecule has 2 saturated heterocycles. The highest BCUT2D eigenvalue weighted by atomic mass is 32.2. The zero-order valence-electron chi connectivity index (χ0n) is 13.6. The van der Waals surface area contributed by atoms with E-state index in [0.717, 1.165) is 13.1 Å². The van der Waals surface area contributed by atoms with Crippen molar-refractivity contribution in [1.29, 1.82) is 0 Å². The van der Waals surface area contributed by atoms with Gasteiger partial charge in [0.15, 0.2) is 0 Å². The summed E-state index contributed by atoms with van der Waals surface area (Å²) < 4.78 is 5.59. The van der Waals surface area contributed by atoms with Crippen LogP contribution >= 0.6 is 11.8 Å². The topological polar surface area (TPSA) is 53.6 Å². The summed E-state index contributed by atoms with van der Waals surface area (Å²) >= 11 is 2.05. The number of hydrogen-bond acceptors (Lipinski definition) is 5. The van der Waals surface area contributed by atoms with Gasteiger partial charge in [0, 0.05) is 43.2 Å². The molecule has 0 radical (unpaired) electrons. The average Bonchev–Trinajstić information content (AvgIpc) is 3.04. The summed E-state index contributed by atoms with van der Waals surface area (Å²) in [6.45, 7) is 6.56. The number of rotatable bonds is 4. The van der Waals surface area contributed by atoms with Gasteiger partial charge in [0.2, 0.25) is 5.91 Å². The highest BCUT2D eigenvalue weighted by molar-refractivity contribution is 7.99. The molecule has 2 aliphatic heterocycles. The highest BCUT2D eigenvalue weighted by Crippen LogP contribution is 2.36. The van der Waals surface area contributed by atoms with Crippen LogP contribution in [0.15, 0.2) is 0 Å². The summed E-state index contributed by atoms with van der Waals surface area (Å²) in [4.78, 5) is 15.2. The summed E-state index contributed by atoms with van der Waals surface area (Å²) in [6, 6.07) is -0.205. The molecule has 2 heterocycles. The molecule has 0 unspecified atom stereocenters. The van der Waals surface area contributed by atoms with Crippen molar-refractivity contribution >= 4 is 17.7 Å². The fraction of sp³-hybridized carbons (Fsp3) is 0.938. The minimum Gasteiger partial charge on any atom is -0.375 e. The lowest BCUT2D eigenvalue weighted by Crippen LogP contribution is -2.60. The van der Waals surface area contributed by atoms with Crippen molar-refractivity contribution in [3.05, 3.63) is 0 Å². The van der Waals surface area contributed by atoms with Crippen LogP contribution in [0.3, 0.4) is 0 Å². The summed E-state index contributed by atoms with van der Waals surface area (Å²) in [7, 11) is 0. The first-order chi connectivity index (χ1) is 10.7. The summed E-state index contributed by atoms with van der Waals surface area (Å²) in [5.41, 5.74) is 0.204. The Morgan fingerprint density at radius 1 is 1.36 bits per heavy atom. The lowest BCUT2D eigenvalue weighted by molar-refractivity contribution is -0.129. The number of nitrogens with zero attached hydrogens (tertiary/aromatic N) is 1. The van der Waals surface area contributed by atoms with Crippen molar-refractivity contribution < 1.29 is 9.53 Å². The van der Waals surface area contributed by atoms with Crippen LogP contribution in [0, 0.1) is 0 Å². The van der Waals surface area contributed by atoms with Gasteiger partial charge in [-0.05, 0) is 19.8 Å². The van der Waals surface area contributed by atoms with Crippen molar-refractivity contribution in [2.24, 2.45) is 0 Å². The minimum absolute atomic E-state index is 0.0420. The van der Waals surface area contributed by atoms with Crippen LogP contribution < -0.4 is 10.6 Å². The Balaban J connectivity index is 1.58. The molecule has 3 fully saturated rings. The van der Waals surface area contributed by atoms with E-state index in [1.807, 2.05) is 18.7 Å². The predicted molar refractivity (Wildman–Crippen MR) is 90.3 cm³/mol. The van der Waals surface area contributed by atoms with E-state index in [9.17, 15) is 4.79 Å². The smallest absolute Gasteiger partial charge is 0.239 e. The van der Waals surface area contributed by atoms with Gasteiger partial charge in [-0.2, -0.15) is 11.8 Å². The van der Waals surface area contributed by atoms with E-state index in [0.29, 0.717) is 6.61 Å². The van der Waals surface area contributed by atoms with Crippen molar-refractivity contribution in [2.75, 3.05) is 44.3 Å². The van der Waals surface area contributed by atoms with Gasteiger partial charge in [-0.1, -0.05) is 12.8 Å². The third-order valence-corrected chi connectivity index (χ3v) is 6.35. The molecule has 5 nitrogen and oxygen atoms in total. The van der Waals surface area contributed by atoms with Crippen molar-refractivity contribution in [3.63, 3.8) is 0 Å². The van der Waals surface area contributed by atoms with Crippen molar-refractivity contribution in [1.82, 2.24) is 15.5 Å². The second kappa shape index (κ2) is 7.51. The molecule has 1 amide bonds. The molecule has 1 aliphatic carbocycles. The molecule has 3 rings (SSSR count). The molecule has 0 aromatic rings. The third-order valence-electron chi connectivity index (χ3n) is 5.41. The van der Waals surface area contributed by atoms with Gasteiger partial charge < -0.3 is 15.4 Å². The van der Waals surface area contributed by atoms with E-state index in [-0.39, 0.29) is 23.6 Å². The van der Waals surface area contributed by atoms with Gasteiger partial charge in [0.1, 0.15) is 6.04 Å². The number of nitrogens with one attached hydrogen (secondary N) is 2. The molecule has 0 spiro atoms. The lowest BCUT2D eigenvalue weighted by Gasteiger charge is -2.44. The molecule has 22 heavy (non-hydrogen) atoms. The SMILES string of the molecule is C[C@H]1OCCN[C@@H]1C(=O)NCC1(N2CCSCC2)CCCC1. The van der Waals surface area contributed by atoms with E-state index in [1.54, 1.807) is 0 Å². The second-order valence-corrected chi connectivity index (χ2v) is 7.98.